The molecule has 4 nitrogen and oxygen atoms in total. The van der Waals surface area contributed by atoms with Crippen LogP contribution in [0.15, 0.2) is 23.4 Å². The summed E-state index contributed by atoms with van der Waals surface area (Å²) >= 11 is 0. The summed E-state index contributed by atoms with van der Waals surface area (Å²) in [5.41, 5.74) is 12.3. The lowest BCUT2D eigenvalue weighted by molar-refractivity contribution is 1.13. The van der Waals surface area contributed by atoms with Crippen molar-refractivity contribution in [2.24, 2.45) is 5.11 Å². The zero-order chi connectivity index (χ0) is 6.69. The Bertz CT molecular complexity index is 220. The first-order valence-electron chi connectivity index (χ1n) is 2.42. The van der Waals surface area contributed by atoms with Gasteiger partial charge in [0.15, 0.2) is 5.82 Å². The Balaban J connectivity index is 3.15. The molecule has 0 aromatic carbocycles. The van der Waals surface area contributed by atoms with E-state index in [1.165, 1.54) is 0 Å². The molecule has 0 saturated heterocycles. The first-order chi connectivity index (χ1) is 4.34. The third kappa shape index (κ3) is 1.02. The highest BCUT2D eigenvalue weighted by atomic mass is 15.0. The van der Waals surface area contributed by atoms with E-state index in [9.17, 15) is 0 Å². The van der Waals surface area contributed by atoms with Crippen LogP contribution in [0.1, 0.15) is 0 Å². The van der Waals surface area contributed by atoms with E-state index in [0.717, 1.165) is 0 Å². The van der Waals surface area contributed by atoms with Crippen LogP contribution >= 0.6 is 0 Å². The largest absolute Gasteiger partial charge is 0.382 e. The number of nitrogens with two attached hydrogens (primary N) is 1. The molecular weight excluding hydrogens is 116 g/mol. The molecule has 1 heterocycles. The Labute approximate surface area is 52.2 Å². The molecule has 0 aliphatic rings. The second-order valence-corrected chi connectivity index (χ2v) is 1.52. The van der Waals surface area contributed by atoms with Gasteiger partial charge in [0.2, 0.25) is 0 Å². The lowest BCUT2D eigenvalue weighted by atomic mass is 10.4. The molecule has 0 aliphatic carbocycles. The van der Waals surface area contributed by atoms with Crippen LogP contribution in [0.3, 0.4) is 0 Å². The van der Waals surface area contributed by atoms with Crippen molar-refractivity contribution in [2.75, 3.05) is 5.73 Å². The zero-order valence-corrected chi connectivity index (χ0v) is 4.70. The number of hydrogen-bond donors (Lipinski definition) is 2. The van der Waals surface area contributed by atoms with Crippen molar-refractivity contribution in [1.29, 1.82) is 5.53 Å². The van der Waals surface area contributed by atoms with Gasteiger partial charge in [-0.2, -0.15) is 5.11 Å². The molecule has 0 fully saturated rings. The third-order valence-corrected chi connectivity index (χ3v) is 0.937. The molecule has 0 saturated carbocycles. The van der Waals surface area contributed by atoms with Crippen molar-refractivity contribution < 1.29 is 0 Å². The predicted molar refractivity (Wildman–Crippen MR) is 33.5 cm³/mol. The molecule has 4 heteroatoms. The molecule has 0 unspecified atom stereocenters. The quantitative estimate of drug-likeness (QED) is 0.551. The summed E-state index contributed by atoms with van der Waals surface area (Å²) in [6, 6.07) is 3.32. The van der Waals surface area contributed by atoms with Gasteiger partial charge in [0, 0.05) is 6.20 Å². The highest BCUT2D eigenvalue weighted by molar-refractivity contribution is 5.55. The average Bonchev–Trinajstić information content (AvgIpc) is 1.89. The third-order valence-electron chi connectivity index (χ3n) is 0.937. The van der Waals surface area contributed by atoms with Gasteiger partial charge in [-0.15, -0.1) is 0 Å². The topological polar surface area (TPSA) is 75.1 Å². The highest BCUT2D eigenvalue weighted by Crippen LogP contribution is 2.16. The van der Waals surface area contributed by atoms with Crippen molar-refractivity contribution in [3.05, 3.63) is 18.3 Å². The molecule has 0 aliphatic heterocycles. The minimum Gasteiger partial charge on any atom is -0.382 e. The van der Waals surface area contributed by atoms with Gasteiger partial charge in [-0.3, -0.25) is 0 Å². The molecule has 0 amide bonds. The Morgan fingerprint density at radius 2 is 2.44 bits per heavy atom. The highest BCUT2D eigenvalue weighted by Gasteiger charge is 1.92. The predicted octanol–water partition coefficient (Wildman–Crippen LogP) is 1.33. The number of rotatable bonds is 1. The van der Waals surface area contributed by atoms with E-state index in [2.05, 4.69) is 10.1 Å². The first kappa shape index (κ1) is 5.68. The first-order valence-corrected chi connectivity index (χ1v) is 2.42. The van der Waals surface area contributed by atoms with Crippen molar-refractivity contribution in [2.45, 2.75) is 0 Å². The van der Waals surface area contributed by atoms with Crippen LogP contribution < -0.4 is 5.73 Å². The van der Waals surface area contributed by atoms with E-state index >= 15 is 0 Å². The number of anilines is 1. The van der Waals surface area contributed by atoms with Gasteiger partial charge < -0.3 is 5.73 Å². The fraction of sp³-hybridized carbons (Fsp3) is 0. The van der Waals surface area contributed by atoms with Crippen LogP contribution in [-0.2, 0) is 0 Å². The summed E-state index contributed by atoms with van der Waals surface area (Å²) in [7, 11) is 0. The SMILES string of the molecule is N=Nc1cccnc1N. The number of nitrogen functional groups attached to an aromatic ring is 1. The van der Waals surface area contributed by atoms with Crippen molar-refractivity contribution >= 4 is 11.5 Å². The summed E-state index contributed by atoms with van der Waals surface area (Å²) in [5, 5.41) is 3.13. The number of nitrogens with zero attached hydrogens (tertiary/aromatic N) is 2. The summed E-state index contributed by atoms with van der Waals surface area (Å²) in [6.07, 6.45) is 1.56. The van der Waals surface area contributed by atoms with Gasteiger partial charge in [-0.05, 0) is 12.1 Å². The maximum Gasteiger partial charge on any atom is 0.151 e. The standard InChI is InChI=1S/C5H6N4/c6-5-4(9-7)2-1-3-8-5/h1-3,7H,(H2,6,8). The van der Waals surface area contributed by atoms with E-state index < -0.39 is 0 Å². The van der Waals surface area contributed by atoms with Crippen LogP contribution in [0.5, 0.6) is 0 Å². The maximum atomic E-state index is 6.59. The molecule has 1 aromatic heterocycles. The van der Waals surface area contributed by atoms with E-state index in [-0.39, 0.29) is 0 Å². The van der Waals surface area contributed by atoms with Crippen LogP contribution in [-0.4, -0.2) is 4.98 Å². The van der Waals surface area contributed by atoms with Crippen molar-refractivity contribution in [3.63, 3.8) is 0 Å². The molecule has 3 N–H and O–H groups in total. The Hall–Kier alpha value is -1.45. The van der Waals surface area contributed by atoms with Gasteiger partial charge >= 0.3 is 0 Å². The van der Waals surface area contributed by atoms with E-state index in [1.807, 2.05) is 0 Å². The maximum absolute atomic E-state index is 6.59. The molecule has 1 rings (SSSR count). The Morgan fingerprint density at radius 1 is 1.67 bits per heavy atom. The number of pyridine rings is 1. The molecule has 0 radical (unpaired) electrons. The Morgan fingerprint density at radius 3 is 2.89 bits per heavy atom. The van der Waals surface area contributed by atoms with Gasteiger partial charge in [0.1, 0.15) is 5.69 Å². The van der Waals surface area contributed by atoms with Crippen molar-refractivity contribution in [3.8, 4) is 0 Å². The van der Waals surface area contributed by atoms with Crippen LogP contribution in [0.25, 0.3) is 0 Å². The molecule has 0 bridgehead atoms. The van der Waals surface area contributed by atoms with Crippen molar-refractivity contribution in [1.82, 2.24) is 4.98 Å². The summed E-state index contributed by atoms with van der Waals surface area (Å²) in [4.78, 5) is 3.71. The lowest BCUT2D eigenvalue weighted by Crippen LogP contribution is -1.87. The van der Waals surface area contributed by atoms with E-state index in [0.29, 0.717) is 11.5 Å². The monoisotopic (exact) mass is 122 g/mol. The summed E-state index contributed by atoms with van der Waals surface area (Å²) in [5.74, 6) is 0.299. The normalized spacial score (nSPS) is 8.89. The number of nitrogens with one attached hydrogen (secondary N) is 1. The minimum atomic E-state index is 0.299. The molecule has 0 spiro atoms. The van der Waals surface area contributed by atoms with Crippen LogP contribution in [0.4, 0.5) is 11.5 Å². The molecule has 0 atom stereocenters. The zero-order valence-electron chi connectivity index (χ0n) is 4.70. The molecule has 1 aromatic rings. The second kappa shape index (κ2) is 2.21. The average molecular weight is 122 g/mol. The fourth-order valence-corrected chi connectivity index (χ4v) is 0.504. The minimum absolute atomic E-state index is 0.299. The molecular formula is C5H6N4. The summed E-state index contributed by atoms with van der Waals surface area (Å²) in [6.45, 7) is 0. The lowest BCUT2D eigenvalue weighted by Gasteiger charge is -1.91. The second-order valence-electron chi connectivity index (χ2n) is 1.52. The number of hydrogen-bond acceptors (Lipinski definition) is 4. The summed E-state index contributed by atoms with van der Waals surface area (Å²) < 4.78 is 0. The van der Waals surface area contributed by atoms with Gasteiger partial charge in [-0.1, -0.05) is 0 Å². The molecule has 46 valence electrons. The smallest absolute Gasteiger partial charge is 0.151 e. The van der Waals surface area contributed by atoms with Gasteiger partial charge in [0.25, 0.3) is 0 Å². The van der Waals surface area contributed by atoms with Crippen LogP contribution in [0.2, 0.25) is 0 Å². The Kier molecular flexibility index (Phi) is 1.40. The fourth-order valence-electron chi connectivity index (χ4n) is 0.504. The number of aromatic nitrogens is 1. The van der Waals surface area contributed by atoms with Gasteiger partial charge in [0.05, 0.1) is 0 Å². The van der Waals surface area contributed by atoms with Crippen LogP contribution in [0, 0.1) is 5.53 Å². The molecule has 9 heavy (non-hydrogen) atoms. The van der Waals surface area contributed by atoms with E-state index in [4.69, 9.17) is 11.3 Å². The van der Waals surface area contributed by atoms with E-state index in [1.54, 1.807) is 18.3 Å². The van der Waals surface area contributed by atoms with Gasteiger partial charge in [-0.25, -0.2) is 10.5 Å².